The molecule has 0 amide bonds. The number of hydrogen-bond acceptors (Lipinski definition) is 5. The Morgan fingerprint density at radius 2 is 1.63 bits per heavy atom. The Morgan fingerprint density at radius 3 is 2.26 bits per heavy atom. The molecule has 2 aromatic rings. The van der Waals surface area contributed by atoms with Crippen LogP contribution in [0.25, 0.3) is 0 Å². The van der Waals surface area contributed by atoms with Crippen LogP contribution < -0.4 is 0 Å². The first-order valence-corrected chi connectivity index (χ1v) is 10.5. The third-order valence-corrected chi connectivity index (χ3v) is 5.63. The average Bonchev–Trinajstić information content (AvgIpc) is 2.71. The molecule has 3 unspecified atom stereocenters. The summed E-state index contributed by atoms with van der Waals surface area (Å²) in [7, 11) is 0. The van der Waals surface area contributed by atoms with E-state index in [1.54, 1.807) is 11.8 Å². The zero-order valence-corrected chi connectivity index (χ0v) is 16.5. The number of aliphatic hydroxyl groups excluding tert-OH is 1. The van der Waals surface area contributed by atoms with Gasteiger partial charge >= 0.3 is 0 Å². The van der Waals surface area contributed by atoms with Crippen molar-refractivity contribution in [3.63, 3.8) is 0 Å². The predicted molar refractivity (Wildman–Crippen MR) is 109 cm³/mol. The van der Waals surface area contributed by atoms with Gasteiger partial charge in [0.2, 0.25) is 0 Å². The molecule has 0 radical (unpaired) electrons. The fourth-order valence-corrected chi connectivity index (χ4v) is 4.02. The third kappa shape index (κ3) is 6.33. The van der Waals surface area contributed by atoms with Crippen LogP contribution in [-0.4, -0.2) is 41.2 Å². The van der Waals surface area contributed by atoms with E-state index in [1.807, 2.05) is 60.7 Å². The summed E-state index contributed by atoms with van der Waals surface area (Å²) in [5.41, 5.74) is 2.02. The maximum Gasteiger partial charge on any atom is 0.129 e. The smallest absolute Gasteiger partial charge is 0.129 e. The van der Waals surface area contributed by atoms with Crippen molar-refractivity contribution < 1.29 is 19.3 Å². The average molecular weight is 389 g/mol. The largest absolute Gasteiger partial charge is 0.389 e. The van der Waals surface area contributed by atoms with Crippen LogP contribution >= 0.6 is 11.8 Å². The van der Waals surface area contributed by atoms with E-state index >= 15 is 0 Å². The van der Waals surface area contributed by atoms with Gasteiger partial charge in [0.05, 0.1) is 32.0 Å². The molecule has 4 nitrogen and oxygen atoms in total. The van der Waals surface area contributed by atoms with Gasteiger partial charge in [-0.1, -0.05) is 67.6 Å². The molecule has 1 saturated heterocycles. The van der Waals surface area contributed by atoms with Crippen molar-refractivity contribution in [2.45, 2.75) is 50.3 Å². The summed E-state index contributed by atoms with van der Waals surface area (Å²) < 4.78 is 18.2. The van der Waals surface area contributed by atoms with Crippen LogP contribution in [0.15, 0.2) is 60.7 Å². The minimum Gasteiger partial charge on any atom is -0.389 e. The molecule has 0 saturated carbocycles. The summed E-state index contributed by atoms with van der Waals surface area (Å²) in [6, 6.07) is 20.2. The van der Waals surface area contributed by atoms with E-state index in [1.165, 1.54) is 0 Å². The van der Waals surface area contributed by atoms with Gasteiger partial charge in [-0.25, -0.2) is 0 Å². The maximum atomic E-state index is 10.4. The third-order valence-electron chi connectivity index (χ3n) is 4.54. The molecule has 0 spiro atoms. The second kappa shape index (κ2) is 10.8. The first kappa shape index (κ1) is 20.4. The molecule has 1 aliphatic rings. The highest BCUT2D eigenvalue weighted by Crippen LogP contribution is 2.30. The van der Waals surface area contributed by atoms with E-state index in [9.17, 15) is 5.11 Å². The maximum absolute atomic E-state index is 10.4. The van der Waals surface area contributed by atoms with Crippen molar-refractivity contribution in [3.8, 4) is 0 Å². The molecular weight excluding hydrogens is 360 g/mol. The minimum atomic E-state index is -0.527. The van der Waals surface area contributed by atoms with E-state index in [0.717, 1.165) is 16.9 Å². The Labute approximate surface area is 165 Å². The quantitative estimate of drug-likeness (QED) is 0.703. The molecule has 1 aliphatic heterocycles. The van der Waals surface area contributed by atoms with Gasteiger partial charge in [0.1, 0.15) is 11.5 Å². The van der Waals surface area contributed by atoms with Gasteiger partial charge in [-0.3, -0.25) is 0 Å². The SMILES string of the molecule is CCSC1OC(COCc2ccccc2)C(OCc2ccccc2)C[C@@H]1O. The number of hydrogen-bond donors (Lipinski definition) is 1. The van der Waals surface area contributed by atoms with Crippen molar-refractivity contribution in [2.75, 3.05) is 12.4 Å². The van der Waals surface area contributed by atoms with Gasteiger partial charge in [-0.2, -0.15) is 0 Å². The monoisotopic (exact) mass is 388 g/mol. The van der Waals surface area contributed by atoms with Gasteiger partial charge in [0.15, 0.2) is 0 Å². The highest BCUT2D eigenvalue weighted by Gasteiger charge is 2.38. The molecule has 4 atom stereocenters. The molecule has 0 aromatic heterocycles. The van der Waals surface area contributed by atoms with E-state index in [-0.39, 0.29) is 17.6 Å². The minimum absolute atomic E-state index is 0.190. The number of aliphatic hydroxyl groups is 1. The highest BCUT2D eigenvalue weighted by atomic mass is 32.2. The predicted octanol–water partition coefficient (Wildman–Crippen LogP) is 4.02. The van der Waals surface area contributed by atoms with Crippen LogP contribution in [0.4, 0.5) is 0 Å². The van der Waals surface area contributed by atoms with E-state index in [0.29, 0.717) is 26.2 Å². The Balaban J connectivity index is 1.57. The summed E-state index contributed by atoms with van der Waals surface area (Å²) >= 11 is 1.63. The molecular formula is C22H28O4S. The first-order valence-electron chi connectivity index (χ1n) is 9.48. The molecule has 2 aromatic carbocycles. The molecule has 1 fully saturated rings. The lowest BCUT2D eigenvalue weighted by atomic mass is 10.0. The van der Waals surface area contributed by atoms with Gasteiger partial charge < -0.3 is 19.3 Å². The normalized spacial score (nSPS) is 25.4. The number of thioether (sulfide) groups is 1. The van der Waals surface area contributed by atoms with Crippen molar-refractivity contribution in [3.05, 3.63) is 71.8 Å². The number of benzene rings is 2. The summed E-state index contributed by atoms with van der Waals surface area (Å²) in [5.74, 6) is 0.898. The van der Waals surface area contributed by atoms with Gasteiger partial charge in [0, 0.05) is 6.42 Å². The van der Waals surface area contributed by atoms with Crippen molar-refractivity contribution in [2.24, 2.45) is 0 Å². The molecule has 0 aliphatic carbocycles. The van der Waals surface area contributed by atoms with Crippen LogP contribution in [-0.2, 0) is 27.4 Å². The highest BCUT2D eigenvalue weighted by molar-refractivity contribution is 7.99. The van der Waals surface area contributed by atoms with Crippen LogP contribution in [0.5, 0.6) is 0 Å². The standard InChI is InChI=1S/C22H28O4S/c1-2-27-22-19(23)13-20(25-15-18-11-7-4-8-12-18)21(26-22)16-24-14-17-9-5-3-6-10-17/h3-12,19-23H,2,13-16H2,1H3/t19-,20?,21?,22?/m0/s1. The molecule has 146 valence electrons. The lowest BCUT2D eigenvalue weighted by Crippen LogP contribution is -2.49. The summed E-state index contributed by atoms with van der Waals surface area (Å²) in [6.45, 7) is 3.56. The molecule has 1 N–H and O–H groups in total. The summed E-state index contributed by atoms with van der Waals surface area (Å²) in [4.78, 5) is 0. The van der Waals surface area contributed by atoms with Crippen LogP contribution in [0.1, 0.15) is 24.5 Å². The fraction of sp³-hybridized carbons (Fsp3) is 0.455. The van der Waals surface area contributed by atoms with E-state index in [4.69, 9.17) is 14.2 Å². The first-order chi connectivity index (χ1) is 13.3. The summed E-state index contributed by atoms with van der Waals surface area (Å²) in [6.07, 6.45) is -0.347. The number of rotatable bonds is 9. The van der Waals surface area contributed by atoms with Crippen molar-refractivity contribution >= 4 is 11.8 Å². The van der Waals surface area contributed by atoms with Gasteiger partial charge in [-0.05, 0) is 16.9 Å². The van der Waals surface area contributed by atoms with Gasteiger partial charge in [-0.15, -0.1) is 11.8 Å². The lowest BCUT2D eigenvalue weighted by molar-refractivity contribution is -0.178. The zero-order valence-electron chi connectivity index (χ0n) is 15.7. The Kier molecular flexibility index (Phi) is 8.17. The molecule has 5 heteroatoms. The topological polar surface area (TPSA) is 47.9 Å². The Morgan fingerprint density at radius 1 is 1.00 bits per heavy atom. The molecule has 1 heterocycles. The summed E-state index contributed by atoms with van der Waals surface area (Å²) in [5, 5.41) is 10.4. The lowest BCUT2D eigenvalue weighted by Gasteiger charge is -2.39. The Bertz CT molecular complexity index is 652. The molecule has 0 bridgehead atoms. The van der Waals surface area contributed by atoms with E-state index in [2.05, 4.69) is 6.92 Å². The second-order valence-corrected chi connectivity index (χ2v) is 8.01. The zero-order chi connectivity index (χ0) is 18.9. The number of ether oxygens (including phenoxy) is 3. The Hall–Kier alpha value is -1.37. The van der Waals surface area contributed by atoms with E-state index < -0.39 is 6.10 Å². The van der Waals surface area contributed by atoms with Crippen LogP contribution in [0.2, 0.25) is 0 Å². The molecule has 27 heavy (non-hydrogen) atoms. The fourth-order valence-electron chi connectivity index (χ4n) is 3.13. The van der Waals surface area contributed by atoms with Crippen LogP contribution in [0, 0.1) is 0 Å². The van der Waals surface area contributed by atoms with Gasteiger partial charge in [0.25, 0.3) is 0 Å². The van der Waals surface area contributed by atoms with Crippen molar-refractivity contribution in [1.82, 2.24) is 0 Å². The van der Waals surface area contributed by atoms with Crippen molar-refractivity contribution in [1.29, 1.82) is 0 Å². The van der Waals surface area contributed by atoms with Crippen LogP contribution in [0.3, 0.4) is 0 Å². The molecule has 3 rings (SSSR count). The second-order valence-electron chi connectivity index (χ2n) is 6.64.